The number of carbonyl (C=O) groups is 1. The average Bonchev–Trinajstić information content (AvgIpc) is 2.40. The molecule has 92 valence electrons. The smallest absolute Gasteiger partial charge is 0.233 e. The molecule has 0 aliphatic heterocycles. The fourth-order valence-corrected chi connectivity index (χ4v) is 1.53. The van der Waals surface area contributed by atoms with Crippen LogP contribution < -0.4 is 4.74 Å². The molecular weight excluding hydrogens is 228 g/mol. The Bertz CT molecular complexity index is 550. The number of hydrogen-bond donors (Lipinski definition) is 0. The van der Waals surface area contributed by atoms with Crippen molar-refractivity contribution >= 4 is 6.29 Å². The van der Waals surface area contributed by atoms with Gasteiger partial charge in [0.15, 0.2) is 6.29 Å². The molecule has 4 nitrogen and oxygen atoms in total. The lowest BCUT2D eigenvalue weighted by Gasteiger charge is -2.07. The molecule has 0 fully saturated rings. The van der Waals surface area contributed by atoms with E-state index >= 15 is 0 Å². The van der Waals surface area contributed by atoms with E-state index in [9.17, 15) is 4.79 Å². The Morgan fingerprint density at radius 3 is 2.61 bits per heavy atom. The van der Waals surface area contributed by atoms with Crippen LogP contribution in [0.4, 0.5) is 0 Å². The van der Waals surface area contributed by atoms with E-state index in [4.69, 9.17) is 4.74 Å². The van der Waals surface area contributed by atoms with Gasteiger partial charge in [0.2, 0.25) is 5.88 Å². The first kappa shape index (κ1) is 12.2. The number of nitrogens with zero attached hydrogens (tertiary/aromatic N) is 2. The van der Waals surface area contributed by atoms with E-state index in [2.05, 4.69) is 16.9 Å². The highest BCUT2D eigenvalue weighted by molar-refractivity contribution is 5.77. The first-order valence-corrected chi connectivity index (χ1v) is 5.78. The average molecular weight is 242 g/mol. The van der Waals surface area contributed by atoms with E-state index in [1.165, 1.54) is 11.8 Å². The number of rotatable bonds is 4. The molecule has 0 amide bonds. The van der Waals surface area contributed by atoms with Crippen molar-refractivity contribution in [1.82, 2.24) is 9.97 Å². The summed E-state index contributed by atoms with van der Waals surface area (Å²) in [5, 5.41) is 0. The third-order valence-electron chi connectivity index (χ3n) is 2.57. The van der Waals surface area contributed by atoms with Crippen LogP contribution in [0.15, 0.2) is 30.5 Å². The maximum atomic E-state index is 10.9. The summed E-state index contributed by atoms with van der Waals surface area (Å²) in [4.78, 5) is 18.9. The summed E-state index contributed by atoms with van der Waals surface area (Å²) < 4.78 is 5.60. The molecule has 0 aliphatic rings. The van der Waals surface area contributed by atoms with E-state index in [-0.39, 0.29) is 0 Å². The third-order valence-corrected chi connectivity index (χ3v) is 2.57. The molecule has 0 radical (unpaired) electrons. The number of hydrogen-bond acceptors (Lipinski definition) is 4. The third kappa shape index (κ3) is 2.71. The Hall–Kier alpha value is -2.23. The topological polar surface area (TPSA) is 52.1 Å². The SMILES string of the molecule is CCc1ccc(Oc2nc(C)ncc2C=O)cc1. The zero-order chi connectivity index (χ0) is 13.0. The van der Waals surface area contributed by atoms with Gasteiger partial charge in [0.05, 0.1) is 5.56 Å². The minimum Gasteiger partial charge on any atom is -0.438 e. The number of aromatic nitrogens is 2. The van der Waals surface area contributed by atoms with Gasteiger partial charge in [-0.15, -0.1) is 0 Å². The van der Waals surface area contributed by atoms with Gasteiger partial charge in [0.25, 0.3) is 0 Å². The number of aldehydes is 1. The normalized spacial score (nSPS) is 10.1. The maximum Gasteiger partial charge on any atom is 0.233 e. The number of ether oxygens (including phenoxy) is 1. The van der Waals surface area contributed by atoms with Gasteiger partial charge in [0, 0.05) is 6.20 Å². The summed E-state index contributed by atoms with van der Waals surface area (Å²) in [6, 6.07) is 7.71. The molecule has 4 heteroatoms. The number of benzene rings is 1. The van der Waals surface area contributed by atoms with E-state index in [0.717, 1.165) is 6.42 Å². The fraction of sp³-hybridized carbons (Fsp3) is 0.214. The van der Waals surface area contributed by atoms with Crippen molar-refractivity contribution in [2.45, 2.75) is 20.3 Å². The number of aryl methyl sites for hydroxylation is 2. The molecule has 2 aromatic rings. The van der Waals surface area contributed by atoms with Crippen molar-refractivity contribution < 1.29 is 9.53 Å². The van der Waals surface area contributed by atoms with E-state index in [1.807, 2.05) is 24.3 Å². The lowest BCUT2D eigenvalue weighted by atomic mass is 10.2. The van der Waals surface area contributed by atoms with Crippen LogP contribution in [-0.4, -0.2) is 16.3 Å². The molecule has 0 aliphatic carbocycles. The van der Waals surface area contributed by atoms with Crippen LogP contribution in [0, 0.1) is 6.92 Å². The molecule has 1 aromatic carbocycles. The minimum atomic E-state index is 0.293. The van der Waals surface area contributed by atoms with Gasteiger partial charge in [-0.2, -0.15) is 4.98 Å². The van der Waals surface area contributed by atoms with Gasteiger partial charge < -0.3 is 4.74 Å². The molecule has 2 rings (SSSR count). The summed E-state index contributed by atoms with van der Waals surface area (Å²) in [5.41, 5.74) is 1.58. The van der Waals surface area contributed by atoms with Crippen LogP contribution in [0.25, 0.3) is 0 Å². The van der Waals surface area contributed by atoms with Crippen LogP contribution >= 0.6 is 0 Å². The summed E-state index contributed by atoms with van der Waals surface area (Å²) in [6.45, 7) is 3.84. The molecule has 0 unspecified atom stereocenters. The first-order valence-electron chi connectivity index (χ1n) is 5.78. The fourth-order valence-electron chi connectivity index (χ4n) is 1.53. The van der Waals surface area contributed by atoms with Crippen LogP contribution in [0.1, 0.15) is 28.7 Å². The second-order valence-corrected chi connectivity index (χ2v) is 3.90. The van der Waals surface area contributed by atoms with Gasteiger partial charge in [0.1, 0.15) is 11.6 Å². The van der Waals surface area contributed by atoms with E-state index < -0.39 is 0 Å². The second-order valence-electron chi connectivity index (χ2n) is 3.90. The molecule has 0 bridgehead atoms. The largest absolute Gasteiger partial charge is 0.438 e. The summed E-state index contributed by atoms with van der Waals surface area (Å²) in [6.07, 6.45) is 3.13. The van der Waals surface area contributed by atoms with Crippen LogP contribution in [0.2, 0.25) is 0 Å². The molecule has 0 saturated heterocycles. The van der Waals surface area contributed by atoms with Crippen molar-refractivity contribution in [3.8, 4) is 11.6 Å². The highest BCUT2D eigenvalue weighted by atomic mass is 16.5. The molecule has 1 heterocycles. The second kappa shape index (κ2) is 5.40. The quantitative estimate of drug-likeness (QED) is 0.773. The van der Waals surface area contributed by atoms with E-state index in [0.29, 0.717) is 29.3 Å². The maximum absolute atomic E-state index is 10.9. The van der Waals surface area contributed by atoms with Crippen LogP contribution in [0.3, 0.4) is 0 Å². The predicted molar refractivity (Wildman–Crippen MR) is 68.1 cm³/mol. The lowest BCUT2D eigenvalue weighted by molar-refractivity contribution is 0.112. The van der Waals surface area contributed by atoms with Crippen LogP contribution in [0.5, 0.6) is 11.6 Å². The van der Waals surface area contributed by atoms with Crippen LogP contribution in [-0.2, 0) is 6.42 Å². The molecule has 0 N–H and O–H groups in total. The van der Waals surface area contributed by atoms with Crippen molar-refractivity contribution in [2.75, 3.05) is 0 Å². The monoisotopic (exact) mass is 242 g/mol. The Labute approximate surface area is 106 Å². The van der Waals surface area contributed by atoms with Gasteiger partial charge in [-0.1, -0.05) is 19.1 Å². The van der Waals surface area contributed by atoms with E-state index in [1.54, 1.807) is 6.92 Å². The van der Waals surface area contributed by atoms with Gasteiger partial charge in [-0.25, -0.2) is 4.98 Å². The Balaban J connectivity index is 2.27. The highest BCUT2D eigenvalue weighted by Gasteiger charge is 2.07. The van der Waals surface area contributed by atoms with Gasteiger partial charge >= 0.3 is 0 Å². The van der Waals surface area contributed by atoms with Crippen molar-refractivity contribution in [3.63, 3.8) is 0 Å². The Morgan fingerprint density at radius 1 is 1.28 bits per heavy atom. The first-order chi connectivity index (χ1) is 8.72. The van der Waals surface area contributed by atoms with Gasteiger partial charge in [-0.3, -0.25) is 4.79 Å². The molecule has 0 saturated carbocycles. The molecule has 0 atom stereocenters. The van der Waals surface area contributed by atoms with Crippen molar-refractivity contribution in [3.05, 3.63) is 47.4 Å². The zero-order valence-electron chi connectivity index (χ0n) is 10.4. The minimum absolute atomic E-state index is 0.293. The molecular formula is C14H14N2O2. The van der Waals surface area contributed by atoms with Crippen molar-refractivity contribution in [1.29, 1.82) is 0 Å². The standard InChI is InChI=1S/C14H14N2O2/c1-3-11-4-6-13(7-5-11)18-14-12(9-17)8-15-10(2)16-14/h4-9H,3H2,1-2H3. The molecule has 0 spiro atoms. The number of carbonyl (C=O) groups excluding carboxylic acids is 1. The predicted octanol–water partition coefficient (Wildman–Crippen LogP) is 2.95. The van der Waals surface area contributed by atoms with Gasteiger partial charge in [-0.05, 0) is 31.0 Å². The Kier molecular flexibility index (Phi) is 3.67. The lowest BCUT2D eigenvalue weighted by Crippen LogP contribution is -1.98. The Morgan fingerprint density at radius 2 is 2.00 bits per heavy atom. The zero-order valence-corrected chi connectivity index (χ0v) is 10.4. The molecule has 18 heavy (non-hydrogen) atoms. The summed E-state index contributed by atoms with van der Waals surface area (Å²) in [5.74, 6) is 1.52. The highest BCUT2D eigenvalue weighted by Crippen LogP contribution is 2.22. The summed E-state index contributed by atoms with van der Waals surface area (Å²) >= 11 is 0. The molecule has 1 aromatic heterocycles. The van der Waals surface area contributed by atoms with Crippen molar-refractivity contribution in [2.24, 2.45) is 0 Å². The summed E-state index contributed by atoms with van der Waals surface area (Å²) in [7, 11) is 0.